The molecule has 128 valence electrons. The summed E-state index contributed by atoms with van der Waals surface area (Å²) in [4.78, 5) is 36.9. The van der Waals surface area contributed by atoms with Crippen LogP contribution in [-0.2, 0) is 6.54 Å². The van der Waals surface area contributed by atoms with E-state index in [4.69, 9.17) is 0 Å². The van der Waals surface area contributed by atoms with Crippen molar-refractivity contribution < 1.29 is 14.1 Å². The van der Waals surface area contributed by atoms with Crippen LogP contribution < -0.4 is 11.0 Å². The van der Waals surface area contributed by atoms with Crippen molar-refractivity contribution in [3.05, 3.63) is 74.4 Å². The quantitative estimate of drug-likeness (QED) is 0.543. The van der Waals surface area contributed by atoms with Crippen molar-refractivity contribution in [3.8, 4) is 0 Å². The summed E-state index contributed by atoms with van der Waals surface area (Å²) in [6.45, 7) is 0.263. The van der Waals surface area contributed by atoms with E-state index in [9.17, 15) is 24.1 Å². The summed E-state index contributed by atoms with van der Waals surface area (Å²) < 4.78 is 14.6. The second-order valence-corrected chi connectivity index (χ2v) is 5.27. The number of hydrogen-bond acceptors (Lipinski definition) is 4. The first-order valence-corrected chi connectivity index (χ1v) is 7.37. The van der Waals surface area contributed by atoms with Gasteiger partial charge in [-0.2, -0.15) is 0 Å². The van der Waals surface area contributed by atoms with E-state index in [2.05, 4.69) is 10.3 Å². The van der Waals surface area contributed by atoms with Gasteiger partial charge in [0.05, 0.1) is 22.0 Å². The molecule has 2 N–H and O–H groups in total. The van der Waals surface area contributed by atoms with Crippen LogP contribution in [-0.4, -0.2) is 26.9 Å². The minimum absolute atomic E-state index is 0.0785. The Morgan fingerprint density at radius 2 is 2.04 bits per heavy atom. The largest absolute Gasteiger partial charge is 0.350 e. The van der Waals surface area contributed by atoms with Crippen molar-refractivity contribution in [2.45, 2.75) is 6.54 Å². The maximum absolute atomic E-state index is 13.1. The van der Waals surface area contributed by atoms with Gasteiger partial charge in [0.15, 0.2) is 0 Å². The summed E-state index contributed by atoms with van der Waals surface area (Å²) >= 11 is 0. The average Bonchev–Trinajstić information content (AvgIpc) is 2.90. The van der Waals surface area contributed by atoms with Crippen LogP contribution in [0, 0.1) is 15.9 Å². The number of fused-ring (bicyclic) bond motifs is 1. The van der Waals surface area contributed by atoms with Gasteiger partial charge < -0.3 is 10.3 Å². The fourth-order valence-corrected chi connectivity index (χ4v) is 2.55. The number of amides is 1. The molecule has 3 aromatic rings. The third-order valence-electron chi connectivity index (χ3n) is 3.70. The highest BCUT2D eigenvalue weighted by Gasteiger charge is 2.20. The van der Waals surface area contributed by atoms with Gasteiger partial charge in [0.2, 0.25) is 0 Å². The molecule has 0 saturated heterocycles. The number of para-hydroxylation sites is 2. The molecule has 0 unspecified atom stereocenters. The molecule has 2 aromatic carbocycles. The second kappa shape index (κ2) is 6.56. The van der Waals surface area contributed by atoms with Gasteiger partial charge >= 0.3 is 5.69 Å². The number of nitro groups is 1. The molecule has 0 spiro atoms. The van der Waals surface area contributed by atoms with Crippen molar-refractivity contribution in [1.29, 1.82) is 0 Å². The van der Waals surface area contributed by atoms with Gasteiger partial charge in [-0.05, 0) is 24.3 Å². The number of carbonyl (C=O) groups is 1. The number of carbonyl (C=O) groups excluding carboxylic acids is 1. The molecule has 3 rings (SSSR count). The Hall–Kier alpha value is -3.49. The topological polar surface area (TPSA) is 110 Å². The molecule has 1 heterocycles. The Morgan fingerprint density at radius 3 is 2.80 bits per heavy atom. The standard InChI is InChI=1S/C16H13FN4O4/c17-10-5-6-11(14(9-10)21(24)25)15(22)18-7-8-20-13-4-2-1-3-12(13)19-16(20)23/h1-6,9H,7-8H2,(H,18,22)(H,19,23). The zero-order valence-corrected chi connectivity index (χ0v) is 12.9. The van der Waals surface area contributed by atoms with Gasteiger partial charge in [0, 0.05) is 13.1 Å². The molecule has 0 fully saturated rings. The van der Waals surface area contributed by atoms with Gasteiger partial charge in [-0.15, -0.1) is 0 Å². The molecule has 0 aliphatic rings. The average molecular weight is 344 g/mol. The van der Waals surface area contributed by atoms with Gasteiger partial charge in [-0.25, -0.2) is 9.18 Å². The highest BCUT2D eigenvalue weighted by atomic mass is 19.1. The molecule has 9 heteroatoms. The van der Waals surface area contributed by atoms with E-state index in [-0.39, 0.29) is 24.3 Å². The van der Waals surface area contributed by atoms with Crippen molar-refractivity contribution in [3.63, 3.8) is 0 Å². The lowest BCUT2D eigenvalue weighted by Crippen LogP contribution is -2.30. The monoisotopic (exact) mass is 344 g/mol. The normalized spacial score (nSPS) is 10.8. The summed E-state index contributed by atoms with van der Waals surface area (Å²) in [6, 6.07) is 9.82. The second-order valence-electron chi connectivity index (χ2n) is 5.27. The van der Waals surface area contributed by atoms with E-state index in [1.54, 1.807) is 24.3 Å². The number of imidazole rings is 1. The lowest BCUT2D eigenvalue weighted by molar-refractivity contribution is -0.385. The first-order valence-electron chi connectivity index (χ1n) is 7.37. The summed E-state index contributed by atoms with van der Waals surface area (Å²) in [5, 5.41) is 13.4. The molecule has 1 amide bonds. The zero-order chi connectivity index (χ0) is 18.0. The lowest BCUT2D eigenvalue weighted by atomic mass is 10.1. The van der Waals surface area contributed by atoms with Crippen LogP contribution in [0.4, 0.5) is 10.1 Å². The van der Waals surface area contributed by atoms with Crippen molar-refractivity contribution >= 4 is 22.6 Å². The van der Waals surface area contributed by atoms with Crippen molar-refractivity contribution in [2.24, 2.45) is 0 Å². The summed E-state index contributed by atoms with van der Waals surface area (Å²) in [5.74, 6) is -1.51. The third-order valence-corrected chi connectivity index (χ3v) is 3.70. The van der Waals surface area contributed by atoms with E-state index >= 15 is 0 Å². The number of benzene rings is 2. The zero-order valence-electron chi connectivity index (χ0n) is 12.9. The van der Waals surface area contributed by atoms with Crippen LogP contribution in [0.1, 0.15) is 10.4 Å². The van der Waals surface area contributed by atoms with Crippen molar-refractivity contribution in [2.75, 3.05) is 6.54 Å². The Balaban J connectivity index is 1.74. The van der Waals surface area contributed by atoms with Gasteiger partial charge in [0.25, 0.3) is 11.6 Å². The predicted molar refractivity (Wildman–Crippen MR) is 87.9 cm³/mol. The van der Waals surface area contributed by atoms with Crippen LogP contribution in [0.2, 0.25) is 0 Å². The van der Waals surface area contributed by atoms with Gasteiger partial charge in [-0.1, -0.05) is 12.1 Å². The third kappa shape index (κ3) is 3.25. The minimum Gasteiger partial charge on any atom is -0.350 e. The van der Waals surface area contributed by atoms with Crippen LogP contribution in [0.15, 0.2) is 47.3 Å². The highest BCUT2D eigenvalue weighted by molar-refractivity contribution is 5.98. The SMILES string of the molecule is O=C(NCCn1c(=O)[nH]c2ccccc21)c1ccc(F)cc1[N+](=O)[O-]. The van der Waals surface area contributed by atoms with Crippen LogP contribution in [0.25, 0.3) is 11.0 Å². The molecule has 0 atom stereocenters. The Labute approximate surface area is 140 Å². The molecule has 0 aliphatic heterocycles. The Bertz CT molecular complexity index is 1020. The molecule has 1 aromatic heterocycles. The van der Waals surface area contributed by atoms with Crippen LogP contribution >= 0.6 is 0 Å². The Morgan fingerprint density at radius 1 is 1.28 bits per heavy atom. The molecule has 0 bridgehead atoms. The molecular weight excluding hydrogens is 331 g/mol. The molecule has 8 nitrogen and oxygen atoms in total. The molecule has 0 aliphatic carbocycles. The number of nitro benzene ring substituents is 1. The van der Waals surface area contributed by atoms with E-state index in [0.717, 1.165) is 12.1 Å². The number of hydrogen-bond donors (Lipinski definition) is 2. The number of rotatable bonds is 5. The first-order chi connectivity index (χ1) is 12.0. The lowest BCUT2D eigenvalue weighted by Gasteiger charge is -2.07. The molecular formula is C16H13FN4O4. The highest BCUT2D eigenvalue weighted by Crippen LogP contribution is 2.19. The number of nitrogens with zero attached hydrogens (tertiary/aromatic N) is 2. The summed E-state index contributed by atoms with van der Waals surface area (Å²) in [6.07, 6.45) is 0. The number of halogens is 1. The van der Waals surface area contributed by atoms with E-state index in [0.29, 0.717) is 17.1 Å². The molecule has 0 saturated carbocycles. The fraction of sp³-hybridized carbons (Fsp3) is 0.125. The van der Waals surface area contributed by atoms with Gasteiger partial charge in [-0.3, -0.25) is 19.5 Å². The predicted octanol–water partition coefficient (Wildman–Crippen LogP) is 1.81. The molecule has 0 radical (unpaired) electrons. The fourth-order valence-electron chi connectivity index (χ4n) is 2.55. The van der Waals surface area contributed by atoms with E-state index in [1.807, 2.05) is 0 Å². The maximum Gasteiger partial charge on any atom is 0.326 e. The summed E-state index contributed by atoms with van der Waals surface area (Å²) in [7, 11) is 0. The summed E-state index contributed by atoms with van der Waals surface area (Å²) in [5.41, 5.74) is 0.199. The van der Waals surface area contributed by atoms with Crippen LogP contribution in [0.5, 0.6) is 0 Å². The molecule has 25 heavy (non-hydrogen) atoms. The number of H-pyrrole nitrogens is 1. The number of aromatic amines is 1. The Kier molecular flexibility index (Phi) is 4.29. The minimum atomic E-state index is -0.817. The van der Waals surface area contributed by atoms with Crippen molar-refractivity contribution in [1.82, 2.24) is 14.9 Å². The van der Waals surface area contributed by atoms with Crippen LogP contribution in [0.3, 0.4) is 0 Å². The number of aromatic nitrogens is 2. The maximum atomic E-state index is 13.1. The van der Waals surface area contributed by atoms with E-state index in [1.165, 1.54) is 4.57 Å². The van der Waals surface area contributed by atoms with E-state index < -0.39 is 22.3 Å². The van der Waals surface area contributed by atoms with Gasteiger partial charge in [0.1, 0.15) is 11.4 Å². The first kappa shape index (κ1) is 16.4. The number of nitrogens with one attached hydrogen (secondary N) is 2. The smallest absolute Gasteiger partial charge is 0.326 e.